The van der Waals surface area contributed by atoms with Crippen LogP contribution in [0.4, 0.5) is 48.3 Å². The molecular formula is C42H25F11O. The molecule has 0 aliphatic rings. The second kappa shape index (κ2) is 14.9. The average Bonchev–Trinajstić information content (AvgIpc) is 3.08. The van der Waals surface area contributed by atoms with E-state index in [4.69, 9.17) is 0 Å². The van der Waals surface area contributed by atoms with Crippen molar-refractivity contribution in [3.05, 3.63) is 159 Å². The number of fused-ring (bicyclic) bond motifs is 1. The summed E-state index contributed by atoms with van der Waals surface area (Å²) in [4.78, 5) is 0. The molecule has 0 aliphatic heterocycles. The highest BCUT2D eigenvalue weighted by Gasteiger charge is 2.42. The van der Waals surface area contributed by atoms with E-state index in [1.54, 1.807) is 13.0 Å². The van der Waals surface area contributed by atoms with Crippen LogP contribution in [0.25, 0.3) is 33.0 Å². The first-order valence-corrected chi connectivity index (χ1v) is 16.3. The number of ether oxygens (including phenoxy) is 1. The third kappa shape index (κ3) is 7.49. The molecule has 0 saturated carbocycles. The van der Waals surface area contributed by atoms with Crippen LogP contribution in [-0.2, 0) is 12.5 Å². The maximum absolute atomic E-state index is 15.2. The Morgan fingerprint density at radius 3 is 1.83 bits per heavy atom. The van der Waals surface area contributed by atoms with Gasteiger partial charge in [-0.25, -0.2) is 39.5 Å². The summed E-state index contributed by atoms with van der Waals surface area (Å²) in [6.45, 7) is 3.71. The highest BCUT2D eigenvalue weighted by molar-refractivity contribution is 5.85. The van der Waals surface area contributed by atoms with Gasteiger partial charge in [0.15, 0.2) is 17.5 Å². The summed E-state index contributed by atoms with van der Waals surface area (Å²) in [6.07, 6.45) is -1.89. The van der Waals surface area contributed by atoms with Crippen LogP contribution in [0.15, 0.2) is 78.9 Å². The molecular weight excluding hydrogens is 729 g/mol. The van der Waals surface area contributed by atoms with Gasteiger partial charge in [-0.2, -0.15) is 8.78 Å². The minimum Gasteiger partial charge on any atom is -0.429 e. The number of benzene rings is 6. The lowest BCUT2D eigenvalue weighted by Crippen LogP contribution is -2.25. The van der Waals surface area contributed by atoms with Crippen LogP contribution in [-0.4, -0.2) is 0 Å². The highest BCUT2D eigenvalue weighted by Crippen LogP contribution is 2.40. The van der Waals surface area contributed by atoms with Crippen molar-refractivity contribution in [1.29, 1.82) is 0 Å². The summed E-state index contributed by atoms with van der Waals surface area (Å²) >= 11 is 0. The maximum atomic E-state index is 15.2. The Bertz CT molecular complexity index is 2430. The van der Waals surface area contributed by atoms with Gasteiger partial charge in [-0.3, -0.25) is 0 Å². The summed E-state index contributed by atoms with van der Waals surface area (Å²) < 4.78 is 166. The fourth-order valence-corrected chi connectivity index (χ4v) is 5.99. The standard InChI is InChI=1S/C42H25F11O/c1-3-4-5-22-6-9-24(10-7-22)25-12-21(2)29(30(43)16-25)11-8-23-13-31(44)37(32(45)14-23)27-17-34(47)39(35(48)18-27)42(52,53)54-28-15-26-19-36(49)40(50)41(51)38(26)33(46)20-28/h6-7,9-10,12-20H,3-5H2,1-2H3. The predicted molar refractivity (Wildman–Crippen MR) is 181 cm³/mol. The molecule has 0 aromatic heterocycles. The molecule has 0 atom stereocenters. The quantitative estimate of drug-likeness (QED) is 0.0854. The van der Waals surface area contributed by atoms with Gasteiger partial charge in [0.2, 0.25) is 0 Å². The van der Waals surface area contributed by atoms with Crippen molar-refractivity contribution in [2.75, 3.05) is 0 Å². The van der Waals surface area contributed by atoms with Gasteiger partial charge >= 0.3 is 6.11 Å². The summed E-state index contributed by atoms with van der Waals surface area (Å²) in [6, 6.07) is 13.5. The van der Waals surface area contributed by atoms with Crippen LogP contribution in [0.5, 0.6) is 5.75 Å². The van der Waals surface area contributed by atoms with Crippen molar-refractivity contribution in [1.82, 2.24) is 0 Å². The maximum Gasteiger partial charge on any atom is 0.432 e. The Kier molecular flexibility index (Phi) is 10.5. The van der Waals surface area contributed by atoms with Crippen molar-refractivity contribution in [2.24, 2.45) is 0 Å². The molecule has 6 rings (SSSR count). The van der Waals surface area contributed by atoms with E-state index >= 15 is 30.7 Å². The average molecular weight is 755 g/mol. The van der Waals surface area contributed by atoms with Crippen LogP contribution in [0.3, 0.4) is 0 Å². The van der Waals surface area contributed by atoms with Crippen molar-refractivity contribution in [3.8, 4) is 39.8 Å². The SMILES string of the molecule is CCCCc1ccc(-c2cc(C)c(C#Cc3cc(F)c(-c4cc(F)c(C(F)(F)Oc5cc(F)c6c(F)c(F)c(F)cc6c5)c(F)c4)c(F)c3)c(F)c2)cc1. The van der Waals surface area contributed by atoms with Crippen LogP contribution >= 0.6 is 0 Å². The molecule has 0 amide bonds. The fraction of sp³-hybridized carbons (Fsp3) is 0.143. The zero-order chi connectivity index (χ0) is 39.1. The van der Waals surface area contributed by atoms with E-state index in [1.165, 1.54) is 6.07 Å². The highest BCUT2D eigenvalue weighted by atomic mass is 19.3. The zero-order valence-electron chi connectivity index (χ0n) is 28.2. The molecule has 54 heavy (non-hydrogen) atoms. The number of unbranched alkanes of at least 4 members (excludes halogenated alkanes) is 1. The van der Waals surface area contributed by atoms with E-state index in [-0.39, 0.29) is 29.3 Å². The van der Waals surface area contributed by atoms with E-state index in [0.29, 0.717) is 35.4 Å². The van der Waals surface area contributed by atoms with E-state index < -0.39 is 91.7 Å². The molecule has 0 saturated heterocycles. The molecule has 0 spiro atoms. The van der Waals surface area contributed by atoms with Crippen molar-refractivity contribution in [2.45, 2.75) is 39.2 Å². The number of hydrogen-bond acceptors (Lipinski definition) is 1. The van der Waals surface area contributed by atoms with Gasteiger partial charge in [0.25, 0.3) is 0 Å². The second-order valence-electron chi connectivity index (χ2n) is 12.4. The molecule has 1 nitrogen and oxygen atoms in total. The lowest BCUT2D eigenvalue weighted by molar-refractivity contribution is -0.189. The van der Waals surface area contributed by atoms with Gasteiger partial charge in [-0.05, 0) is 101 Å². The molecule has 12 heteroatoms. The summed E-state index contributed by atoms with van der Waals surface area (Å²) in [5, 5.41) is -1.84. The molecule has 0 heterocycles. The fourth-order valence-electron chi connectivity index (χ4n) is 5.99. The molecule has 6 aromatic carbocycles. The number of halogens is 11. The molecule has 0 bridgehead atoms. The first kappa shape index (κ1) is 37.9. The smallest absolute Gasteiger partial charge is 0.429 e. The molecule has 0 aliphatic carbocycles. The minimum atomic E-state index is -4.91. The third-order valence-electron chi connectivity index (χ3n) is 8.63. The Morgan fingerprint density at radius 2 is 1.22 bits per heavy atom. The van der Waals surface area contributed by atoms with Crippen LogP contribution < -0.4 is 4.74 Å². The van der Waals surface area contributed by atoms with Crippen molar-refractivity contribution >= 4 is 10.8 Å². The van der Waals surface area contributed by atoms with E-state index in [0.717, 1.165) is 30.4 Å². The van der Waals surface area contributed by atoms with Crippen LogP contribution in [0.1, 0.15) is 47.6 Å². The number of hydrogen-bond donors (Lipinski definition) is 0. The monoisotopic (exact) mass is 754 g/mol. The molecule has 0 radical (unpaired) electrons. The number of rotatable bonds is 8. The third-order valence-corrected chi connectivity index (χ3v) is 8.63. The summed E-state index contributed by atoms with van der Waals surface area (Å²) in [5.74, 6) is -11.0. The lowest BCUT2D eigenvalue weighted by atomic mass is 9.97. The Morgan fingerprint density at radius 1 is 0.593 bits per heavy atom. The first-order valence-electron chi connectivity index (χ1n) is 16.3. The summed E-state index contributed by atoms with van der Waals surface area (Å²) in [7, 11) is 0. The first-order chi connectivity index (χ1) is 25.6. The molecule has 276 valence electrons. The van der Waals surface area contributed by atoms with E-state index in [9.17, 15) is 17.6 Å². The molecule has 6 aromatic rings. The van der Waals surface area contributed by atoms with Crippen LogP contribution in [0, 0.1) is 71.1 Å². The van der Waals surface area contributed by atoms with Gasteiger partial charge in [0.05, 0.1) is 16.5 Å². The van der Waals surface area contributed by atoms with Gasteiger partial charge in [-0.15, -0.1) is 0 Å². The van der Waals surface area contributed by atoms with E-state index in [2.05, 4.69) is 23.5 Å². The van der Waals surface area contributed by atoms with Gasteiger partial charge in [0.1, 0.15) is 46.2 Å². The lowest BCUT2D eigenvalue weighted by Gasteiger charge is -2.20. The number of aryl methyl sites for hydroxylation is 2. The predicted octanol–water partition coefficient (Wildman–Crippen LogP) is 12.6. The number of alkyl halides is 2. The van der Waals surface area contributed by atoms with Gasteiger partial charge < -0.3 is 4.74 Å². The second-order valence-corrected chi connectivity index (χ2v) is 12.4. The van der Waals surface area contributed by atoms with Crippen molar-refractivity contribution < 1.29 is 53.0 Å². The largest absolute Gasteiger partial charge is 0.432 e. The van der Waals surface area contributed by atoms with E-state index in [1.807, 2.05) is 24.3 Å². The van der Waals surface area contributed by atoms with Crippen LogP contribution in [0.2, 0.25) is 0 Å². The van der Waals surface area contributed by atoms with Gasteiger partial charge in [-0.1, -0.05) is 49.5 Å². The van der Waals surface area contributed by atoms with Gasteiger partial charge in [0, 0.05) is 11.6 Å². The molecule has 0 fully saturated rings. The Labute approximate surface area is 301 Å². The minimum absolute atomic E-state index is 0.0364. The van der Waals surface area contributed by atoms with Crippen molar-refractivity contribution in [3.63, 3.8) is 0 Å². The Balaban J connectivity index is 1.25. The molecule has 0 N–H and O–H groups in total. The molecule has 0 unspecified atom stereocenters. The zero-order valence-corrected chi connectivity index (χ0v) is 28.2. The topological polar surface area (TPSA) is 9.23 Å². The normalized spacial score (nSPS) is 11.5. The summed E-state index contributed by atoms with van der Waals surface area (Å²) in [5.41, 5.74) is -1.21. The Hall–Kier alpha value is -5.83.